The number of pyridine rings is 1. The third kappa shape index (κ3) is 6.20. The highest BCUT2D eigenvalue weighted by molar-refractivity contribution is 7.13. The van der Waals surface area contributed by atoms with Crippen molar-refractivity contribution in [2.45, 2.75) is 58.1 Å². The lowest BCUT2D eigenvalue weighted by Gasteiger charge is -2.24. The van der Waals surface area contributed by atoms with Crippen molar-refractivity contribution in [2.24, 2.45) is 0 Å². The van der Waals surface area contributed by atoms with Gasteiger partial charge in [0, 0.05) is 34.8 Å². The zero-order valence-corrected chi connectivity index (χ0v) is 22.6. The van der Waals surface area contributed by atoms with Gasteiger partial charge < -0.3 is 10.1 Å². The van der Waals surface area contributed by atoms with Crippen molar-refractivity contribution in [3.05, 3.63) is 59.7 Å². The molecule has 0 bridgehead atoms. The zero-order valence-electron chi connectivity index (χ0n) is 21.8. The number of nitrogens with zero attached hydrogens (tertiary/aromatic N) is 3. The monoisotopic (exact) mass is 532 g/mol. The topological polar surface area (TPSA) is 110 Å². The molecule has 1 unspecified atom stereocenters. The van der Waals surface area contributed by atoms with Gasteiger partial charge in [0.1, 0.15) is 22.2 Å². The largest absolute Gasteiger partial charge is 0.443 e. The fourth-order valence-electron chi connectivity index (χ4n) is 4.54. The molecule has 9 nitrogen and oxygen atoms in total. The molecule has 38 heavy (non-hydrogen) atoms. The van der Waals surface area contributed by atoms with Crippen LogP contribution in [-0.4, -0.2) is 44.8 Å². The van der Waals surface area contributed by atoms with E-state index in [1.165, 1.54) is 28.7 Å². The van der Waals surface area contributed by atoms with Crippen LogP contribution in [0.4, 0.5) is 21.2 Å². The van der Waals surface area contributed by atoms with Crippen LogP contribution in [-0.2, 0) is 11.2 Å². The molecule has 1 aromatic carbocycles. The second-order valence-corrected chi connectivity index (χ2v) is 11.3. The van der Waals surface area contributed by atoms with E-state index < -0.39 is 11.7 Å². The third-order valence-corrected chi connectivity index (χ3v) is 7.17. The summed E-state index contributed by atoms with van der Waals surface area (Å²) in [4.78, 5) is 34.3. The molecule has 2 amide bonds. The first-order valence-electron chi connectivity index (χ1n) is 12.8. The Bertz CT molecular complexity index is 1450. The molecule has 0 spiro atoms. The number of fused-ring (bicyclic) bond motifs is 1. The number of amides is 2. The number of aromatic nitrogens is 3. The van der Waals surface area contributed by atoms with Crippen molar-refractivity contribution in [1.82, 2.24) is 19.9 Å². The number of benzene rings is 1. The highest BCUT2D eigenvalue weighted by atomic mass is 32.1. The van der Waals surface area contributed by atoms with Gasteiger partial charge in [0.2, 0.25) is 0 Å². The maximum atomic E-state index is 12.8. The number of urea groups is 1. The summed E-state index contributed by atoms with van der Waals surface area (Å²) in [5, 5.41) is 12.7. The van der Waals surface area contributed by atoms with Gasteiger partial charge in [0.25, 0.3) is 0 Å². The van der Waals surface area contributed by atoms with Crippen molar-refractivity contribution < 1.29 is 14.3 Å². The van der Waals surface area contributed by atoms with Crippen LogP contribution < -0.4 is 16.0 Å². The summed E-state index contributed by atoms with van der Waals surface area (Å²) < 4.78 is 6.99. The van der Waals surface area contributed by atoms with E-state index in [9.17, 15) is 9.59 Å². The van der Waals surface area contributed by atoms with Crippen LogP contribution in [0.3, 0.4) is 0 Å². The Hall–Kier alpha value is -3.76. The number of thiazole rings is 1. The minimum absolute atomic E-state index is 0.386. The second kappa shape index (κ2) is 10.9. The first-order chi connectivity index (χ1) is 18.2. The maximum Gasteiger partial charge on any atom is 0.418 e. The second-order valence-electron chi connectivity index (χ2n) is 10.4. The number of nitrogens with one attached hydrogen (secondary N) is 3. The van der Waals surface area contributed by atoms with Gasteiger partial charge in [0.05, 0.1) is 5.52 Å². The summed E-state index contributed by atoms with van der Waals surface area (Å²) in [5.41, 5.74) is 2.08. The molecular formula is C28H32N6O3S. The highest BCUT2D eigenvalue weighted by Gasteiger charge is 2.20. The summed E-state index contributed by atoms with van der Waals surface area (Å²) in [5.74, 6) is 1.02. The summed E-state index contributed by atoms with van der Waals surface area (Å²) in [6.07, 6.45) is 7.34. The van der Waals surface area contributed by atoms with Crippen molar-refractivity contribution in [2.75, 3.05) is 17.2 Å². The number of hydrogen-bond donors (Lipinski definition) is 3. The lowest BCUT2D eigenvalue weighted by molar-refractivity contribution is 0.0544. The molecule has 1 aliphatic rings. The van der Waals surface area contributed by atoms with E-state index in [0.29, 0.717) is 17.7 Å². The molecule has 3 aromatic heterocycles. The molecule has 0 aliphatic carbocycles. The molecule has 4 aromatic rings. The van der Waals surface area contributed by atoms with E-state index in [1.54, 1.807) is 17.8 Å². The Balaban J connectivity index is 1.25. The minimum Gasteiger partial charge on any atom is -0.443 e. The van der Waals surface area contributed by atoms with Gasteiger partial charge in [0.15, 0.2) is 0 Å². The highest BCUT2D eigenvalue weighted by Crippen LogP contribution is 2.30. The van der Waals surface area contributed by atoms with Crippen molar-refractivity contribution in [3.63, 3.8) is 0 Å². The number of carbonyl (C=O) groups excluding carboxylic acids is 2. The lowest BCUT2D eigenvalue weighted by Crippen LogP contribution is -2.36. The average Bonchev–Trinajstić information content (AvgIpc) is 3.51. The molecule has 198 valence electrons. The fraction of sp³-hybridized carbons (Fsp3) is 0.357. The Morgan fingerprint density at radius 2 is 2.05 bits per heavy atom. The number of carbonyl (C=O) groups is 2. The minimum atomic E-state index is -0.574. The van der Waals surface area contributed by atoms with E-state index in [0.717, 1.165) is 46.4 Å². The predicted molar refractivity (Wildman–Crippen MR) is 151 cm³/mol. The molecule has 1 fully saturated rings. The van der Waals surface area contributed by atoms with Gasteiger partial charge >= 0.3 is 12.1 Å². The third-order valence-electron chi connectivity index (χ3n) is 6.28. The number of ether oxygens (including phenoxy) is 1. The van der Waals surface area contributed by atoms with Gasteiger partial charge in [-0.1, -0.05) is 12.5 Å². The molecule has 0 saturated carbocycles. The SMILES string of the molecule is CC(C)(C)OC(=O)n1ccc2cc(-c3nc(NC(=O)Nc4ncccc4CC4CCCCN4)cs3)ccc21. The van der Waals surface area contributed by atoms with E-state index >= 15 is 0 Å². The summed E-state index contributed by atoms with van der Waals surface area (Å²) >= 11 is 1.43. The van der Waals surface area contributed by atoms with Crippen LogP contribution in [0.25, 0.3) is 21.5 Å². The number of anilines is 2. The molecule has 10 heteroatoms. The molecule has 5 rings (SSSR count). The van der Waals surface area contributed by atoms with Gasteiger partial charge in [-0.15, -0.1) is 11.3 Å². The molecule has 0 radical (unpaired) electrons. The lowest BCUT2D eigenvalue weighted by atomic mass is 9.98. The van der Waals surface area contributed by atoms with Crippen LogP contribution in [0, 0.1) is 0 Å². The average molecular weight is 533 g/mol. The Labute approximate surface area is 225 Å². The first kappa shape index (κ1) is 25.9. The Morgan fingerprint density at radius 3 is 2.84 bits per heavy atom. The van der Waals surface area contributed by atoms with Gasteiger partial charge in [-0.2, -0.15) is 0 Å². The van der Waals surface area contributed by atoms with Gasteiger partial charge in [-0.3, -0.25) is 15.2 Å². The van der Waals surface area contributed by atoms with Crippen LogP contribution in [0.2, 0.25) is 0 Å². The van der Waals surface area contributed by atoms with Crippen LogP contribution in [0.15, 0.2) is 54.2 Å². The smallest absolute Gasteiger partial charge is 0.418 e. The number of hydrogen-bond acceptors (Lipinski definition) is 7. The first-order valence-corrected chi connectivity index (χ1v) is 13.7. The van der Waals surface area contributed by atoms with Crippen molar-refractivity contribution >= 4 is 46.0 Å². The van der Waals surface area contributed by atoms with Crippen LogP contribution in [0.5, 0.6) is 0 Å². The molecular weight excluding hydrogens is 500 g/mol. The summed E-state index contributed by atoms with van der Waals surface area (Å²) in [6.45, 7) is 6.55. The van der Waals surface area contributed by atoms with E-state index in [4.69, 9.17) is 4.74 Å². The zero-order chi connectivity index (χ0) is 26.7. The Kier molecular flexibility index (Phi) is 7.44. The fourth-order valence-corrected chi connectivity index (χ4v) is 5.29. The quantitative estimate of drug-likeness (QED) is 0.279. The normalized spacial score (nSPS) is 15.8. The number of piperidine rings is 1. The molecule has 3 N–H and O–H groups in total. The number of rotatable bonds is 5. The molecule has 4 heterocycles. The molecule has 1 saturated heterocycles. The summed E-state index contributed by atoms with van der Waals surface area (Å²) in [6, 6.07) is 11.5. The van der Waals surface area contributed by atoms with Gasteiger partial charge in [-0.25, -0.2) is 19.6 Å². The van der Waals surface area contributed by atoms with Crippen molar-refractivity contribution in [3.8, 4) is 10.6 Å². The van der Waals surface area contributed by atoms with E-state index in [2.05, 4.69) is 25.9 Å². The van der Waals surface area contributed by atoms with E-state index in [1.807, 2.05) is 57.2 Å². The van der Waals surface area contributed by atoms with Gasteiger partial charge in [-0.05, 0) is 82.5 Å². The maximum absolute atomic E-state index is 12.8. The standard InChI is InChI=1S/C28H32N6O3S/c1-28(2,3)37-27(36)34-14-11-18-15-20(9-10-22(18)34)25-31-23(17-38-25)32-26(35)33-24-19(7-6-13-30-24)16-21-8-4-5-12-29-21/h6-7,9-11,13-15,17,21,29H,4-5,8,12,16H2,1-3H3,(H2,30,32,33,35). The molecule has 1 atom stereocenters. The predicted octanol–water partition coefficient (Wildman–Crippen LogP) is 6.27. The van der Waals surface area contributed by atoms with Crippen LogP contribution >= 0.6 is 11.3 Å². The van der Waals surface area contributed by atoms with Crippen molar-refractivity contribution in [1.29, 1.82) is 0 Å². The summed E-state index contributed by atoms with van der Waals surface area (Å²) in [7, 11) is 0. The molecule has 1 aliphatic heterocycles. The Morgan fingerprint density at radius 1 is 1.18 bits per heavy atom. The van der Waals surface area contributed by atoms with Crippen LogP contribution in [0.1, 0.15) is 45.6 Å². The van der Waals surface area contributed by atoms with E-state index in [-0.39, 0.29) is 6.03 Å².